The van der Waals surface area contributed by atoms with Crippen LogP contribution in [0, 0.1) is 35.4 Å². The molecule has 4 atom stereocenters. The molecule has 2 unspecified atom stereocenters. The Labute approximate surface area is 246 Å². The topological polar surface area (TPSA) is 95.5 Å². The molecule has 6 rings (SSSR count). The van der Waals surface area contributed by atoms with E-state index in [-0.39, 0.29) is 40.8 Å². The van der Waals surface area contributed by atoms with Crippen molar-refractivity contribution in [1.29, 1.82) is 0 Å². The van der Waals surface area contributed by atoms with E-state index in [0.717, 1.165) is 50.2 Å². The predicted molar refractivity (Wildman–Crippen MR) is 151 cm³/mol. The molecule has 0 radical (unpaired) electrons. The van der Waals surface area contributed by atoms with Gasteiger partial charge in [0.15, 0.2) is 0 Å². The average molecular weight is 599 g/mol. The zero-order valence-electron chi connectivity index (χ0n) is 23.5. The molecule has 2 bridgehead atoms. The van der Waals surface area contributed by atoms with Crippen LogP contribution in [0.3, 0.4) is 0 Å². The highest BCUT2D eigenvalue weighted by molar-refractivity contribution is 5.95. The molecule has 4 aliphatic carbocycles. The van der Waals surface area contributed by atoms with Gasteiger partial charge in [-0.25, -0.2) is 9.18 Å². The second kappa shape index (κ2) is 11.4. The van der Waals surface area contributed by atoms with Gasteiger partial charge in [-0.05, 0) is 105 Å². The van der Waals surface area contributed by atoms with Crippen molar-refractivity contribution in [2.75, 3.05) is 5.32 Å². The lowest BCUT2D eigenvalue weighted by Gasteiger charge is -2.33. The standard InChI is InChI=1S/C33H34F4N2O4/c34-27-13-10-22(16-26(27)33(35,36)37)38-31(41)28-23-11-12-24(25(23)14-17-4-5-17)29(28)39-30(40)19-8-6-18(7-9-19)20-2-1-3-21(15-20)32(42)43/h1-3,10,13-19,23-24,28-29H,4-9,11-12H2,(H,38,41)(H,39,40)(H,42,43)/b25-14-/t18?,19?,23?,24?,28-,29+/m0/s1. The molecule has 3 N–H and O–H groups in total. The lowest BCUT2D eigenvalue weighted by molar-refractivity contribution is -0.140. The summed E-state index contributed by atoms with van der Waals surface area (Å²) in [6, 6.07) is 8.87. The number of halogens is 4. The fourth-order valence-corrected chi connectivity index (χ4v) is 7.50. The van der Waals surface area contributed by atoms with Gasteiger partial charge in [0.1, 0.15) is 5.82 Å². The van der Waals surface area contributed by atoms with Crippen molar-refractivity contribution in [1.82, 2.24) is 5.32 Å². The first kappa shape index (κ1) is 29.4. The molecule has 10 heteroatoms. The maximum atomic E-state index is 13.8. The zero-order chi connectivity index (χ0) is 30.5. The van der Waals surface area contributed by atoms with Crippen molar-refractivity contribution in [2.24, 2.45) is 29.6 Å². The number of aromatic carboxylic acids is 1. The summed E-state index contributed by atoms with van der Waals surface area (Å²) in [5, 5.41) is 15.1. The molecule has 2 aromatic carbocycles. The van der Waals surface area contributed by atoms with Crippen molar-refractivity contribution in [3.63, 3.8) is 0 Å². The van der Waals surface area contributed by atoms with Crippen LogP contribution in [0.2, 0.25) is 0 Å². The number of hydrogen-bond donors (Lipinski definition) is 3. The number of rotatable bonds is 7. The molecule has 0 saturated heterocycles. The first-order chi connectivity index (χ1) is 20.5. The third-order valence-electron chi connectivity index (χ3n) is 9.80. The number of hydrogen-bond acceptors (Lipinski definition) is 3. The summed E-state index contributed by atoms with van der Waals surface area (Å²) in [4.78, 5) is 38.6. The van der Waals surface area contributed by atoms with Crippen LogP contribution < -0.4 is 10.6 Å². The van der Waals surface area contributed by atoms with E-state index in [1.54, 1.807) is 18.2 Å². The minimum Gasteiger partial charge on any atom is -0.478 e. The fourth-order valence-electron chi connectivity index (χ4n) is 7.50. The van der Waals surface area contributed by atoms with Crippen LogP contribution in [0.25, 0.3) is 0 Å². The van der Waals surface area contributed by atoms with E-state index in [9.17, 15) is 37.1 Å². The SMILES string of the molecule is O=C(O)c1cccc(C2CCC(C(=O)N[C@@H]3C4CCC(/C4=C/C4CC4)[C@@H]3C(=O)Nc3ccc(F)c(C(F)(F)F)c3)CC2)c1. The van der Waals surface area contributed by atoms with Gasteiger partial charge in [-0.15, -0.1) is 0 Å². The molecule has 6 nitrogen and oxygen atoms in total. The summed E-state index contributed by atoms with van der Waals surface area (Å²) >= 11 is 0. The molecule has 43 heavy (non-hydrogen) atoms. The monoisotopic (exact) mass is 598 g/mol. The van der Waals surface area contributed by atoms with Crippen LogP contribution in [-0.4, -0.2) is 28.9 Å². The van der Waals surface area contributed by atoms with Gasteiger partial charge in [-0.3, -0.25) is 9.59 Å². The van der Waals surface area contributed by atoms with E-state index < -0.39 is 41.4 Å². The molecular formula is C33H34F4N2O4. The van der Waals surface area contributed by atoms with E-state index in [4.69, 9.17) is 0 Å². The molecule has 0 aliphatic heterocycles. The summed E-state index contributed by atoms with van der Waals surface area (Å²) in [6.07, 6.45) is 3.86. The van der Waals surface area contributed by atoms with Gasteiger partial charge in [0.05, 0.1) is 17.0 Å². The number of anilines is 1. The molecule has 2 aromatic rings. The van der Waals surface area contributed by atoms with E-state index >= 15 is 0 Å². The Balaban J connectivity index is 1.16. The number of amides is 2. The van der Waals surface area contributed by atoms with Gasteiger partial charge in [-0.2, -0.15) is 13.2 Å². The molecule has 0 heterocycles. The van der Waals surface area contributed by atoms with E-state index in [2.05, 4.69) is 16.7 Å². The zero-order valence-corrected chi connectivity index (χ0v) is 23.5. The van der Waals surface area contributed by atoms with Crippen LogP contribution in [-0.2, 0) is 15.8 Å². The Hall–Kier alpha value is -3.69. The number of benzene rings is 2. The predicted octanol–water partition coefficient (Wildman–Crippen LogP) is 6.93. The first-order valence-electron chi connectivity index (χ1n) is 15.0. The minimum atomic E-state index is -4.90. The van der Waals surface area contributed by atoms with Crippen molar-refractivity contribution < 1.29 is 37.1 Å². The highest BCUT2D eigenvalue weighted by Crippen LogP contribution is 2.54. The molecular weight excluding hydrogens is 564 g/mol. The van der Waals surface area contributed by atoms with Crippen LogP contribution in [0.4, 0.5) is 23.2 Å². The van der Waals surface area contributed by atoms with Gasteiger partial charge in [0, 0.05) is 23.6 Å². The highest BCUT2D eigenvalue weighted by Gasteiger charge is 2.55. The number of carbonyl (C=O) groups is 3. The largest absolute Gasteiger partial charge is 0.478 e. The van der Waals surface area contributed by atoms with Crippen molar-refractivity contribution >= 4 is 23.5 Å². The highest BCUT2D eigenvalue weighted by atomic mass is 19.4. The Morgan fingerprint density at radius 1 is 0.860 bits per heavy atom. The molecule has 2 amide bonds. The number of nitrogens with one attached hydrogen (secondary N) is 2. The number of alkyl halides is 3. The Bertz CT molecular complexity index is 1460. The van der Waals surface area contributed by atoms with Crippen molar-refractivity contribution in [3.8, 4) is 0 Å². The average Bonchev–Trinajstić information content (AvgIpc) is 3.66. The summed E-state index contributed by atoms with van der Waals surface area (Å²) < 4.78 is 53.7. The fraction of sp³-hybridized carbons (Fsp3) is 0.485. The van der Waals surface area contributed by atoms with Gasteiger partial charge < -0.3 is 15.7 Å². The second-order valence-corrected chi connectivity index (χ2v) is 12.5. The van der Waals surface area contributed by atoms with Crippen LogP contribution in [0.5, 0.6) is 0 Å². The Morgan fingerprint density at radius 3 is 2.26 bits per heavy atom. The van der Waals surface area contributed by atoms with Gasteiger partial charge >= 0.3 is 12.1 Å². The Morgan fingerprint density at radius 2 is 1.58 bits per heavy atom. The summed E-state index contributed by atoms with van der Waals surface area (Å²) in [5.74, 6) is -3.33. The number of carbonyl (C=O) groups excluding carboxylic acids is 2. The van der Waals surface area contributed by atoms with Crippen LogP contribution >= 0.6 is 0 Å². The van der Waals surface area contributed by atoms with Gasteiger partial charge in [0.25, 0.3) is 0 Å². The smallest absolute Gasteiger partial charge is 0.419 e. The first-order valence-corrected chi connectivity index (χ1v) is 15.0. The third kappa shape index (κ3) is 6.06. The van der Waals surface area contributed by atoms with Crippen LogP contribution in [0.15, 0.2) is 54.1 Å². The van der Waals surface area contributed by atoms with E-state index in [1.165, 1.54) is 5.57 Å². The summed E-state index contributed by atoms with van der Waals surface area (Å²) in [5.41, 5.74) is 0.786. The molecule has 4 saturated carbocycles. The molecule has 228 valence electrons. The molecule has 0 spiro atoms. The maximum Gasteiger partial charge on any atom is 0.419 e. The number of allylic oxidation sites excluding steroid dienone is 1. The normalized spacial score (nSPS) is 29.4. The lowest BCUT2D eigenvalue weighted by Crippen LogP contribution is -2.50. The number of carboxylic acids is 1. The van der Waals surface area contributed by atoms with Crippen molar-refractivity contribution in [2.45, 2.75) is 69.5 Å². The number of carboxylic acid groups (broad SMARTS) is 1. The van der Waals surface area contributed by atoms with Gasteiger partial charge in [-0.1, -0.05) is 23.8 Å². The maximum absolute atomic E-state index is 13.8. The van der Waals surface area contributed by atoms with Gasteiger partial charge in [0.2, 0.25) is 11.8 Å². The van der Waals surface area contributed by atoms with Crippen LogP contribution in [0.1, 0.15) is 78.8 Å². The number of fused-ring (bicyclic) bond motifs is 2. The molecule has 4 aliphatic rings. The second-order valence-electron chi connectivity index (χ2n) is 12.5. The molecule has 4 fully saturated rings. The third-order valence-corrected chi connectivity index (χ3v) is 9.80. The van der Waals surface area contributed by atoms with E-state index in [1.807, 2.05) is 6.07 Å². The Kier molecular flexibility index (Phi) is 7.81. The molecule has 0 aromatic heterocycles. The van der Waals surface area contributed by atoms with Crippen molar-refractivity contribution in [3.05, 3.63) is 76.6 Å². The lowest BCUT2D eigenvalue weighted by atomic mass is 9.77. The van der Waals surface area contributed by atoms with E-state index in [0.29, 0.717) is 30.9 Å². The summed E-state index contributed by atoms with van der Waals surface area (Å²) in [6.45, 7) is 0. The minimum absolute atomic E-state index is 0.000601. The summed E-state index contributed by atoms with van der Waals surface area (Å²) in [7, 11) is 0. The quantitative estimate of drug-likeness (QED) is 0.238.